The van der Waals surface area contributed by atoms with E-state index in [1.807, 2.05) is 0 Å². The van der Waals surface area contributed by atoms with E-state index in [1.165, 1.54) is 0 Å². The van der Waals surface area contributed by atoms with E-state index in [-0.39, 0.29) is 5.75 Å². The van der Waals surface area contributed by atoms with Gasteiger partial charge >= 0.3 is 0 Å². The van der Waals surface area contributed by atoms with Crippen LogP contribution in [-0.4, -0.2) is 50.0 Å². The molecule has 0 aromatic heterocycles. The average molecular weight is 276 g/mol. The van der Waals surface area contributed by atoms with Crippen molar-refractivity contribution in [3.05, 3.63) is 0 Å². The van der Waals surface area contributed by atoms with E-state index in [2.05, 4.69) is 11.8 Å². The lowest BCUT2D eigenvalue weighted by atomic mass is 9.90. The molecule has 1 fully saturated rings. The first-order valence-electron chi connectivity index (χ1n) is 7.18. The molecule has 0 aromatic carbocycles. The summed E-state index contributed by atoms with van der Waals surface area (Å²) in [7, 11) is -2.81. The Labute approximate surface area is 112 Å². The van der Waals surface area contributed by atoms with Crippen LogP contribution < -0.4 is 5.73 Å². The van der Waals surface area contributed by atoms with Gasteiger partial charge in [0.2, 0.25) is 0 Å². The van der Waals surface area contributed by atoms with Gasteiger partial charge in [0.1, 0.15) is 9.84 Å². The van der Waals surface area contributed by atoms with Crippen LogP contribution in [0, 0.1) is 0 Å². The molecule has 1 rings (SSSR count). The minimum absolute atomic E-state index is 0.261. The molecule has 0 heterocycles. The zero-order valence-corrected chi connectivity index (χ0v) is 12.6. The second-order valence-electron chi connectivity index (χ2n) is 5.29. The predicted molar refractivity (Wildman–Crippen MR) is 76.4 cm³/mol. The van der Waals surface area contributed by atoms with Crippen LogP contribution in [0.2, 0.25) is 0 Å². The van der Waals surface area contributed by atoms with Gasteiger partial charge in [-0.15, -0.1) is 0 Å². The van der Waals surface area contributed by atoms with Gasteiger partial charge in [-0.3, -0.25) is 0 Å². The molecule has 1 saturated carbocycles. The van der Waals surface area contributed by atoms with Crippen molar-refractivity contribution < 1.29 is 8.42 Å². The fourth-order valence-corrected chi connectivity index (χ4v) is 3.56. The van der Waals surface area contributed by atoms with Crippen molar-refractivity contribution in [3.63, 3.8) is 0 Å². The molecule has 0 aromatic rings. The third kappa shape index (κ3) is 5.24. The molecule has 0 saturated heterocycles. The predicted octanol–water partition coefficient (Wildman–Crippen LogP) is 1.40. The molecule has 0 aliphatic heterocycles. The van der Waals surface area contributed by atoms with Crippen molar-refractivity contribution in [2.45, 2.75) is 58.0 Å². The first-order chi connectivity index (χ1) is 8.48. The first-order valence-corrected chi connectivity index (χ1v) is 9.00. The summed E-state index contributed by atoms with van der Waals surface area (Å²) in [6.07, 6.45) is 5.29. The van der Waals surface area contributed by atoms with Crippen molar-refractivity contribution in [1.82, 2.24) is 4.90 Å². The summed E-state index contributed by atoms with van der Waals surface area (Å²) < 4.78 is 22.9. The highest BCUT2D eigenvalue weighted by atomic mass is 32.2. The van der Waals surface area contributed by atoms with Gasteiger partial charge < -0.3 is 10.6 Å². The first kappa shape index (κ1) is 15.9. The molecular weight excluding hydrogens is 248 g/mol. The minimum atomic E-state index is -2.81. The van der Waals surface area contributed by atoms with E-state index in [9.17, 15) is 8.42 Å². The van der Waals surface area contributed by atoms with Gasteiger partial charge in [0, 0.05) is 17.8 Å². The van der Waals surface area contributed by atoms with Gasteiger partial charge in [0.15, 0.2) is 0 Å². The van der Waals surface area contributed by atoms with Gasteiger partial charge in [-0.2, -0.15) is 0 Å². The maximum absolute atomic E-state index is 11.5. The summed E-state index contributed by atoms with van der Waals surface area (Å²) in [6, 6.07) is 0.986. The second kappa shape index (κ2) is 7.46. The van der Waals surface area contributed by atoms with Crippen LogP contribution in [-0.2, 0) is 9.84 Å². The number of sulfone groups is 1. The highest BCUT2D eigenvalue weighted by Crippen LogP contribution is 2.22. The highest BCUT2D eigenvalue weighted by molar-refractivity contribution is 7.91. The Morgan fingerprint density at radius 2 is 1.78 bits per heavy atom. The number of rotatable bonds is 7. The fourth-order valence-electron chi connectivity index (χ4n) is 2.70. The van der Waals surface area contributed by atoms with Crippen molar-refractivity contribution >= 4 is 9.84 Å². The maximum atomic E-state index is 11.5. The fraction of sp³-hybridized carbons (Fsp3) is 1.00. The molecule has 0 unspecified atom stereocenters. The SMILES string of the molecule is CCN(CCCS(=O)(=O)CC)C1CCC(N)CC1. The van der Waals surface area contributed by atoms with Crippen LogP contribution in [0.25, 0.3) is 0 Å². The van der Waals surface area contributed by atoms with E-state index >= 15 is 0 Å². The van der Waals surface area contributed by atoms with Crippen LogP contribution >= 0.6 is 0 Å². The van der Waals surface area contributed by atoms with Gasteiger partial charge in [0.25, 0.3) is 0 Å². The molecule has 0 amide bonds. The zero-order valence-electron chi connectivity index (χ0n) is 11.8. The van der Waals surface area contributed by atoms with Crippen molar-refractivity contribution in [3.8, 4) is 0 Å². The Morgan fingerprint density at radius 1 is 1.17 bits per heavy atom. The van der Waals surface area contributed by atoms with E-state index < -0.39 is 9.84 Å². The highest BCUT2D eigenvalue weighted by Gasteiger charge is 2.23. The van der Waals surface area contributed by atoms with Gasteiger partial charge in [-0.1, -0.05) is 13.8 Å². The number of hydrogen-bond donors (Lipinski definition) is 1. The quantitative estimate of drug-likeness (QED) is 0.763. The third-order valence-electron chi connectivity index (χ3n) is 4.00. The largest absolute Gasteiger partial charge is 0.328 e. The molecule has 1 aliphatic rings. The summed E-state index contributed by atoms with van der Waals surface area (Å²) >= 11 is 0. The standard InChI is InChI=1S/C13H28N2O2S/c1-3-15(10-5-11-18(16,17)4-2)13-8-6-12(14)7-9-13/h12-13H,3-11,14H2,1-2H3. The zero-order chi connectivity index (χ0) is 13.6. The van der Waals surface area contributed by atoms with Gasteiger partial charge in [-0.05, 0) is 45.2 Å². The van der Waals surface area contributed by atoms with Crippen molar-refractivity contribution in [1.29, 1.82) is 0 Å². The Bertz CT molecular complexity index is 322. The molecule has 0 bridgehead atoms. The normalized spacial score (nSPS) is 25.6. The molecule has 0 spiro atoms. The van der Waals surface area contributed by atoms with Gasteiger partial charge in [-0.25, -0.2) is 8.42 Å². The molecule has 0 radical (unpaired) electrons. The third-order valence-corrected chi connectivity index (χ3v) is 5.79. The Hall–Kier alpha value is -0.130. The van der Waals surface area contributed by atoms with E-state index in [1.54, 1.807) is 6.92 Å². The lowest BCUT2D eigenvalue weighted by Crippen LogP contribution is -2.41. The summed E-state index contributed by atoms with van der Waals surface area (Å²) in [5.74, 6) is 0.587. The van der Waals surface area contributed by atoms with Crippen LogP contribution in [0.1, 0.15) is 46.0 Å². The van der Waals surface area contributed by atoms with E-state index in [0.29, 0.717) is 17.8 Å². The van der Waals surface area contributed by atoms with Crippen molar-refractivity contribution in [2.75, 3.05) is 24.6 Å². The number of nitrogens with two attached hydrogens (primary N) is 1. The lowest BCUT2D eigenvalue weighted by molar-refractivity contribution is 0.157. The number of nitrogens with zero attached hydrogens (tertiary/aromatic N) is 1. The number of hydrogen-bond acceptors (Lipinski definition) is 4. The summed E-state index contributed by atoms with van der Waals surface area (Å²) in [5.41, 5.74) is 5.92. The molecule has 4 nitrogen and oxygen atoms in total. The molecule has 1 aliphatic carbocycles. The molecule has 2 N–H and O–H groups in total. The van der Waals surface area contributed by atoms with E-state index in [0.717, 1.165) is 45.2 Å². The van der Waals surface area contributed by atoms with Crippen molar-refractivity contribution in [2.24, 2.45) is 5.73 Å². The molecule has 108 valence electrons. The molecule has 5 heteroatoms. The Balaban J connectivity index is 2.34. The second-order valence-corrected chi connectivity index (χ2v) is 7.76. The molecular formula is C13H28N2O2S. The Kier molecular flexibility index (Phi) is 6.60. The Morgan fingerprint density at radius 3 is 2.28 bits per heavy atom. The van der Waals surface area contributed by atoms with E-state index in [4.69, 9.17) is 5.73 Å². The smallest absolute Gasteiger partial charge is 0.150 e. The maximum Gasteiger partial charge on any atom is 0.150 e. The lowest BCUT2D eigenvalue weighted by Gasteiger charge is -2.35. The molecule has 0 atom stereocenters. The van der Waals surface area contributed by atoms with Crippen LogP contribution in [0.3, 0.4) is 0 Å². The van der Waals surface area contributed by atoms with Crippen LogP contribution in [0.15, 0.2) is 0 Å². The topological polar surface area (TPSA) is 63.4 Å². The van der Waals surface area contributed by atoms with Crippen LogP contribution in [0.5, 0.6) is 0 Å². The van der Waals surface area contributed by atoms with Gasteiger partial charge in [0.05, 0.1) is 5.75 Å². The van der Waals surface area contributed by atoms with Crippen LogP contribution in [0.4, 0.5) is 0 Å². The minimum Gasteiger partial charge on any atom is -0.328 e. The average Bonchev–Trinajstić information content (AvgIpc) is 2.36. The summed E-state index contributed by atoms with van der Waals surface area (Å²) in [5, 5.41) is 0. The molecule has 18 heavy (non-hydrogen) atoms. The monoisotopic (exact) mass is 276 g/mol. The summed E-state index contributed by atoms with van der Waals surface area (Å²) in [6.45, 7) is 5.78. The summed E-state index contributed by atoms with van der Waals surface area (Å²) in [4.78, 5) is 2.43.